The number of ether oxygens (including phenoxy) is 2. The number of rotatable bonds is 3. The highest BCUT2D eigenvalue weighted by atomic mass is 16.6. The minimum Gasteiger partial charge on any atom is -0.374 e. The van der Waals surface area contributed by atoms with Gasteiger partial charge in [0.05, 0.1) is 6.10 Å². The summed E-state index contributed by atoms with van der Waals surface area (Å²) in [5.41, 5.74) is 0.876. The standard InChI is InChI=1S/C11H20O2/c1-7-13-9-10(3,4)8(2)11(9,5)12-6/h9H,2,7H2,1,3-6H3/t9-,11-/m0/s1/i2+1,3+1,5+1/t9-,10?,11-. The smallest absolute Gasteiger partial charge is 0.113 e. The molecule has 0 aromatic rings. The maximum absolute atomic E-state index is 5.68. The normalized spacial score (nSPS) is 44.7. The van der Waals surface area contributed by atoms with Gasteiger partial charge >= 0.3 is 0 Å². The first kappa shape index (κ1) is 10.7. The highest BCUT2D eigenvalue weighted by molar-refractivity contribution is 5.36. The minimum atomic E-state index is -0.292. The molecule has 0 aromatic heterocycles. The van der Waals surface area contributed by atoms with Crippen LogP contribution in [0.25, 0.3) is 0 Å². The summed E-state index contributed by atoms with van der Waals surface area (Å²) in [4.78, 5) is 0. The molecule has 3 atom stereocenters. The van der Waals surface area contributed by atoms with Crippen LogP contribution in [0.5, 0.6) is 0 Å². The molecule has 0 heterocycles. The monoisotopic (exact) mass is 187 g/mol. The molecule has 1 aliphatic carbocycles. The van der Waals surface area contributed by atoms with Crippen molar-refractivity contribution in [2.75, 3.05) is 13.7 Å². The summed E-state index contributed by atoms with van der Waals surface area (Å²) in [7, 11) is 1.71. The lowest BCUT2D eigenvalue weighted by atomic mass is 9.62. The molecule has 76 valence electrons. The van der Waals surface area contributed by atoms with E-state index in [1.54, 1.807) is 7.11 Å². The molecular formula is C11H20O2. The van der Waals surface area contributed by atoms with Crippen molar-refractivity contribution in [2.45, 2.75) is 39.4 Å². The highest BCUT2D eigenvalue weighted by Crippen LogP contribution is 2.55. The third-order valence-corrected chi connectivity index (χ3v) is 3.29. The molecular weight excluding hydrogens is 167 g/mol. The zero-order valence-electron chi connectivity index (χ0n) is 9.31. The number of hydrogen-bond acceptors (Lipinski definition) is 2. The van der Waals surface area contributed by atoms with E-state index in [9.17, 15) is 0 Å². The van der Waals surface area contributed by atoms with Gasteiger partial charge in [0.15, 0.2) is 0 Å². The maximum Gasteiger partial charge on any atom is 0.113 e. The fourth-order valence-electron chi connectivity index (χ4n) is 2.33. The molecule has 0 spiro atoms. The topological polar surface area (TPSA) is 18.5 Å². The number of methoxy groups -OCH3 is 1. The summed E-state index contributed by atoms with van der Waals surface area (Å²) in [6, 6.07) is 0. The summed E-state index contributed by atoms with van der Waals surface area (Å²) in [6.07, 6.45) is 0.127. The summed E-state index contributed by atoms with van der Waals surface area (Å²) >= 11 is 0. The maximum atomic E-state index is 5.68. The van der Waals surface area contributed by atoms with Crippen molar-refractivity contribution < 1.29 is 9.47 Å². The molecule has 13 heavy (non-hydrogen) atoms. The van der Waals surface area contributed by atoms with E-state index >= 15 is 0 Å². The van der Waals surface area contributed by atoms with Gasteiger partial charge < -0.3 is 9.47 Å². The van der Waals surface area contributed by atoms with Crippen LogP contribution in [0.2, 0.25) is 0 Å². The minimum absolute atomic E-state index is 0.0424. The molecule has 0 radical (unpaired) electrons. The Morgan fingerprint density at radius 1 is 1.38 bits per heavy atom. The lowest BCUT2D eigenvalue weighted by Gasteiger charge is -2.59. The Labute approximate surface area is 80.9 Å². The summed E-state index contributed by atoms with van der Waals surface area (Å²) < 4.78 is 11.1. The van der Waals surface area contributed by atoms with Crippen molar-refractivity contribution in [3.63, 3.8) is 0 Å². The Morgan fingerprint density at radius 3 is 2.31 bits per heavy atom. The van der Waals surface area contributed by atoms with Crippen molar-refractivity contribution in [3.8, 4) is 0 Å². The first-order chi connectivity index (χ1) is 5.91. The van der Waals surface area contributed by atoms with E-state index in [0.29, 0.717) is 0 Å². The van der Waals surface area contributed by atoms with Gasteiger partial charge in [0.25, 0.3) is 0 Å². The zero-order valence-corrected chi connectivity index (χ0v) is 9.31. The molecule has 1 fully saturated rings. The van der Waals surface area contributed by atoms with E-state index in [1.165, 1.54) is 0 Å². The second-order valence-corrected chi connectivity index (χ2v) is 4.35. The van der Waals surface area contributed by atoms with Gasteiger partial charge in [0.1, 0.15) is 5.60 Å². The first-order valence-corrected chi connectivity index (χ1v) is 4.77. The Hall–Kier alpha value is -0.340. The van der Waals surface area contributed by atoms with Gasteiger partial charge in [0.2, 0.25) is 0 Å². The third-order valence-electron chi connectivity index (χ3n) is 3.29. The van der Waals surface area contributed by atoms with Gasteiger partial charge in [0, 0.05) is 19.1 Å². The molecule has 0 saturated heterocycles. The van der Waals surface area contributed by atoms with Crippen molar-refractivity contribution in [1.82, 2.24) is 0 Å². The fraction of sp³-hybridized carbons (Fsp3) is 0.818. The van der Waals surface area contributed by atoms with Crippen LogP contribution in [0.1, 0.15) is 27.7 Å². The summed E-state index contributed by atoms with van der Waals surface area (Å²) in [5, 5.41) is 0. The Bertz CT molecular complexity index is 220. The summed E-state index contributed by atoms with van der Waals surface area (Å²) in [5.74, 6) is 0. The molecule has 0 aromatic carbocycles. The van der Waals surface area contributed by atoms with Gasteiger partial charge in [-0.2, -0.15) is 0 Å². The van der Waals surface area contributed by atoms with E-state index in [-0.39, 0.29) is 17.1 Å². The van der Waals surface area contributed by atoms with E-state index < -0.39 is 0 Å². The lowest BCUT2D eigenvalue weighted by Crippen LogP contribution is -2.65. The van der Waals surface area contributed by atoms with Crippen molar-refractivity contribution >= 4 is 0 Å². The van der Waals surface area contributed by atoms with E-state index in [4.69, 9.17) is 9.47 Å². The van der Waals surface area contributed by atoms with Crippen LogP contribution in [0, 0.1) is 5.41 Å². The van der Waals surface area contributed by atoms with Crippen LogP contribution in [-0.2, 0) is 9.47 Å². The van der Waals surface area contributed by atoms with Crippen LogP contribution < -0.4 is 0 Å². The zero-order chi connectivity index (χ0) is 10.3. The fourth-order valence-corrected chi connectivity index (χ4v) is 2.33. The highest BCUT2D eigenvalue weighted by Gasteiger charge is 2.60. The largest absolute Gasteiger partial charge is 0.374 e. The van der Waals surface area contributed by atoms with E-state index in [1.807, 2.05) is 13.8 Å². The molecule has 1 saturated carbocycles. The van der Waals surface area contributed by atoms with Crippen molar-refractivity contribution in [2.24, 2.45) is 5.41 Å². The first-order valence-electron chi connectivity index (χ1n) is 4.77. The SMILES string of the molecule is CCO[C@H]1C(C)([13CH3])C(=[13CH2])[C@]1([13CH3])OC. The molecule has 2 heteroatoms. The lowest BCUT2D eigenvalue weighted by molar-refractivity contribution is -0.194. The van der Waals surface area contributed by atoms with E-state index in [0.717, 1.165) is 12.2 Å². The Kier molecular flexibility index (Phi) is 2.56. The molecule has 1 rings (SSSR count). The average Bonchev–Trinajstić information content (AvgIpc) is 2.12. The predicted octanol–water partition coefficient (Wildman–Crippen LogP) is 2.39. The van der Waals surface area contributed by atoms with Gasteiger partial charge in [-0.05, 0) is 19.4 Å². The Morgan fingerprint density at radius 2 is 1.92 bits per heavy atom. The second kappa shape index (κ2) is 3.10. The van der Waals surface area contributed by atoms with Crippen LogP contribution in [0.15, 0.2) is 12.2 Å². The second-order valence-electron chi connectivity index (χ2n) is 4.35. The summed E-state index contributed by atoms with van der Waals surface area (Å²) in [6.45, 7) is 13.1. The van der Waals surface area contributed by atoms with Gasteiger partial charge in [-0.25, -0.2) is 0 Å². The molecule has 1 aliphatic rings. The van der Waals surface area contributed by atoms with Crippen molar-refractivity contribution in [1.29, 1.82) is 0 Å². The van der Waals surface area contributed by atoms with Gasteiger partial charge in [-0.1, -0.05) is 20.4 Å². The molecule has 0 aliphatic heterocycles. The quantitative estimate of drug-likeness (QED) is 0.499. The van der Waals surface area contributed by atoms with Crippen LogP contribution >= 0.6 is 0 Å². The number of hydrogen-bond donors (Lipinski definition) is 0. The van der Waals surface area contributed by atoms with Gasteiger partial charge in [-0.15, -0.1) is 0 Å². The molecule has 0 bridgehead atoms. The van der Waals surface area contributed by atoms with E-state index in [2.05, 4.69) is 20.4 Å². The van der Waals surface area contributed by atoms with Gasteiger partial charge in [-0.3, -0.25) is 0 Å². The molecule has 2 nitrogen and oxygen atoms in total. The van der Waals surface area contributed by atoms with Crippen LogP contribution in [-0.4, -0.2) is 25.4 Å². The Balaban J connectivity index is 2.84. The van der Waals surface area contributed by atoms with Crippen LogP contribution in [0.4, 0.5) is 0 Å². The molecule has 1 unspecified atom stereocenters. The van der Waals surface area contributed by atoms with Crippen molar-refractivity contribution in [3.05, 3.63) is 12.2 Å². The molecule has 0 amide bonds. The predicted molar refractivity (Wildman–Crippen MR) is 53.7 cm³/mol. The third kappa shape index (κ3) is 1.24. The average molecular weight is 187 g/mol. The molecule has 0 N–H and O–H groups in total. The van der Waals surface area contributed by atoms with Crippen LogP contribution in [0.3, 0.4) is 0 Å².